The van der Waals surface area contributed by atoms with Crippen molar-refractivity contribution in [2.24, 2.45) is 11.7 Å². The van der Waals surface area contributed by atoms with Crippen LogP contribution in [0.15, 0.2) is 0 Å². The molecule has 0 aromatic carbocycles. The number of rotatable bonds is 5. The molecule has 1 amide bonds. The maximum Gasteiger partial charge on any atom is 0.327 e. The van der Waals surface area contributed by atoms with Crippen molar-refractivity contribution in [2.45, 2.75) is 38.1 Å². The van der Waals surface area contributed by atoms with Crippen molar-refractivity contribution in [1.82, 2.24) is 4.90 Å². The molecule has 5 nitrogen and oxygen atoms in total. The number of carboxylic acids is 1. The normalized spacial score (nSPS) is 25.9. The first-order valence-electron chi connectivity index (χ1n) is 5.89. The molecule has 1 heterocycles. The zero-order valence-corrected chi connectivity index (χ0v) is 11.1. The van der Waals surface area contributed by atoms with Crippen molar-refractivity contribution in [3.05, 3.63) is 0 Å². The number of nitrogens with two attached hydrogens (primary N) is 1. The summed E-state index contributed by atoms with van der Waals surface area (Å²) in [6.07, 6.45) is 1.59. The Morgan fingerprint density at radius 2 is 2.24 bits per heavy atom. The monoisotopic (exact) mass is 260 g/mol. The van der Waals surface area contributed by atoms with E-state index in [1.54, 1.807) is 0 Å². The highest BCUT2D eigenvalue weighted by Crippen LogP contribution is 2.30. The highest BCUT2D eigenvalue weighted by molar-refractivity contribution is 8.00. The van der Waals surface area contributed by atoms with Crippen molar-refractivity contribution in [1.29, 1.82) is 0 Å². The van der Waals surface area contributed by atoms with Gasteiger partial charge in [-0.25, -0.2) is 4.79 Å². The maximum absolute atomic E-state index is 12.3. The maximum atomic E-state index is 12.3. The van der Waals surface area contributed by atoms with Crippen LogP contribution in [0.4, 0.5) is 0 Å². The topological polar surface area (TPSA) is 83.6 Å². The van der Waals surface area contributed by atoms with Gasteiger partial charge in [-0.05, 0) is 13.3 Å². The molecule has 17 heavy (non-hydrogen) atoms. The number of hydrogen-bond acceptors (Lipinski definition) is 4. The molecule has 3 N–H and O–H groups in total. The van der Waals surface area contributed by atoms with Gasteiger partial charge in [-0.2, -0.15) is 0 Å². The molecule has 6 heteroatoms. The highest BCUT2D eigenvalue weighted by Gasteiger charge is 2.41. The van der Waals surface area contributed by atoms with Gasteiger partial charge in [0.1, 0.15) is 6.04 Å². The number of aliphatic carboxylic acids is 1. The number of carbonyl (C=O) groups is 2. The van der Waals surface area contributed by atoms with Gasteiger partial charge in [0.25, 0.3) is 0 Å². The molecule has 0 bridgehead atoms. The van der Waals surface area contributed by atoms with E-state index in [-0.39, 0.29) is 23.7 Å². The SMILES string of the molecule is CCCC(CN)C(=O)N1C(C)SCC1C(=O)O. The van der Waals surface area contributed by atoms with E-state index in [0.717, 1.165) is 12.8 Å². The lowest BCUT2D eigenvalue weighted by Crippen LogP contribution is -2.48. The Morgan fingerprint density at radius 1 is 1.59 bits per heavy atom. The van der Waals surface area contributed by atoms with Gasteiger partial charge < -0.3 is 15.7 Å². The van der Waals surface area contributed by atoms with Crippen LogP contribution in [0, 0.1) is 5.92 Å². The molecule has 0 aliphatic carbocycles. The minimum atomic E-state index is -0.928. The average molecular weight is 260 g/mol. The molecule has 0 aromatic rings. The van der Waals surface area contributed by atoms with Crippen LogP contribution < -0.4 is 5.73 Å². The molecular weight excluding hydrogens is 240 g/mol. The number of carboxylic acid groups (broad SMARTS) is 1. The molecule has 3 atom stereocenters. The third-order valence-corrected chi connectivity index (χ3v) is 4.25. The van der Waals surface area contributed by atoms with Crippen molar-refractivity contribution in [3.63, 3.8) is 0 Å². The quantitative estimate of drug-likeness (QED) is 0.761. The van der Waals surface area contributed by atoms with Crippen LogP contribution in [-0.2, 0) is 9.59 Å². The highest BCUT2D eigenvalue weighted by atomic mass is 32.2. The second kappa shape index (κ2) is 6.26. The van der Waals surface area contributed by atoms with Gasteiger partial charge in [0.15, 0.2) is 0 Å². The van der Waals surface area contributed by atoms with Crippen LogP contribution in [-0.4, -0.2) is 45.6 Å². The smallest absolute Gasteiger partial charge is 0.327 e. The third kappa shape index (κ3) is 3.13. The molecule has 3 unspecified atom stereocenters. The number of carbonyl (C=O) groups excluding carboxylic acids is 1. The Bertz CT molecular complexity index is 298. The van der Waals surface area contributed by atoms with E-state index in [1.165, 1.54) is 16.7 Å². The fourth-order valence-electron chi connectivity index (χ4n) is 2.07. The molecule has 0 saturated carbocycles. The molecule has 1 aliphatic rings. The minimum absolute atomic E-state index is 0.0745. The average Bonchev–Trinajstić information content (AvgIpc) is 2.67. The van der Waals surface area contributed by atoms with Crippen LogP contribution in [0.1, 0.15) is 26.7 Å². The molecular formula is C11H20N2O3S. The summed E-state index contributed by atoms with van der Waals surface area (Å²) in [5.74, 6) is -0.823. The van der Waals surface area contributed by atoms with Gasteiger partial charge in [-0.15, -0.1) is 11.8 Å². The van der Waals surface area contributed by atoms with Gasteiger partial charge in [-0.3, -0.25) is 4.79 Å². The van der Waals surface area contributed by atoms with Crippen molar-refractivity contribution in [2.75, 3.05) is 12.3 Å². The van der Waals surface area contributed by atoms with E-state index in [9.17, 15) is 9.59 Å². The van der Waals surface area contributed by atoms with E-state index in [0.29, 0.717) is 5.75 Å². The summed E-state index contributed by atoms with van der Waals surface area (Å²) in [5, 5.41) is 9.02. The Morgan fingerprint density at radius 3 is 2.71 bits per heavy atom. The predicted molar refractivity (Wildman–Crippen MR) is 67.6 cm³/mol. The molecule has 98 valence electrons. The van der Waals surface area contributed by atoms with Crippen molar-refractivity contribution < 1.29 is 14.7 Å². The summed E-state index contributed by atoms with van der Waals surface area (Å²) >= 11 is 1.50. The summed E-state index contributed by atoms with van der Waals surface area (Å²) in [5.41, 5.74) is 5.59. The molecule has 1 aliphatic heterocycles. The third-order valence-electron chi connectivity index (χ3n) is 3.03. The van der Waals surface area contributed by atoms with Crippen LogP contribution in [0.5, 0.6) is 0 Å². The van der Waals surface area contributed by atoms with Gasteiger partial charge in [-0.1, -0.05) is 13.3 Å². The number of thioether (sulfide) groups is 1. The summed E-state index contributed by atoms with van der Waals surface area (Å²) in [6.45, 7) is 4.14. The van der Waals surface area contributed by atoms with Crippen LogP contribution >= 0.6 is 11.8 Å². The first kappa shape index (κ1) is 14.3. The Labute approximate surface area is 106 Å². The van der Waals surface area contributed by atoms with Gasteiger partial charge in [0.05, 0.1) is 11.3 Å². The Hall–Kier alpha value is -0.750. The lowest BCUT2D eigenvalue weighted by atomic mass is 10.0. The van der Waals surface area contributed by atoms with Crippen LogP contribution in [0.3, 0.4) is 0 Å². The van der Waals surface area contributed by atoms with Crippen LogP contribution in [0.25, 0.3) is 0 Å². The fraction of sp³-hybridized carbons (Fsp3) is 0.818. The summed E-state index contributed by atoms with van der Waals surface area (Å²) < 4.78 is 0. The predicted octanol–water partition coefficient (Wildman–Crippen LogP) is 0.736. The lowest BCUT2D eigenvalue weighted by molar-refractivity contribution is -0.150. The van der Waals surface area contributed by atoms with Gasteiger partial charge >= 0.3 is 5.97 Å². The van der Waals surface area contributed by atoms with E-state index in [2.05, 4.69) is 0 Å². The summed E-state index contributed by atoms with van der Waals surface area (Å²) in [7, 11) is 0. The van der Waals surface area contributed by atoms with Gasteiger partial charge in [0.2, 0.25) is 5.91 Å². The second-order valence-corrected chi connectivity index (χ2v) is 5.60. The first-order valence-corrected chi connectivity index (χ1v) is 6.94. The lowest BCUT2D eigenvalue weighted by Gasteiger charge is -2.28. The molecule has 0 radical (unpaired) electrons. The Kier molecular flexibility index (Phi) is 5.27. The minimum Gasteiger partial charge on any atom is -0.480 e. The molecule has 1 saturated heterocycles. The zero-order valence-electron chi connectivity index (χ0n) is 10.3. The van der Waals surface area contributed by atoms with Crippen molar-refractivity contribution >= 4 is 23.6 Å². The Balaban J connectivity index is 2.80. The van der Waals surface area contributed by atoms with E-state index < -0.39 is 12.0 Å². The van der Waals surface area contributed by atoms with Crippen LogP contribution in [0.2, 0.25) is 0 Å². The van der Waals surface area contributed by atoms with E-state index >= 15 is 0 Å². The molecule has 0 aromatic heterocycles. The van der Waals surface area contributed by atoms with E-state index in [4.69, 9.17) is 10.8 Å². The first-order chi connectivity index (χ1) is 8.02. The second-order valence-electron chi connectivity index (χ2n) is 4.25. The fourth-order valence-corrected chi connectivity index (χ4v) is 3.24. The number of hydrogen-bond donors (Lipinski definition) is 2. The summed E-state index contributed by atoms with van der Waals surface area (Å²) in [6, 6.07) is -0.701. The standard InChI is InChI=1S/C11H20N2O3S/c1-3-4-8(5-12)10(14)13-7(2)17-6-9(13)11(15)16/h7-9H,3-6,12H2,1-2H3,(H,15,16). The van der Waals surface area contributed by atoms with Crippen molar-refractivity contribution in [3.8, 4) is 0 Å². The number of nitrogens with zero attached hydrogens (tertiary/aromatic N) is 1. The molecule has 1 fully saturated rings. The zero-order chi connectivity index (χ0) is 13.0. The summed E-state index contributed by atoms with van der Waals surface area (Å²) in [4.78, 5) is 24.8. The molecule has 1 rings (SSSR count). The largest absolute Gasteiger partial charge is 0.480 e. The van der Waals surface area contributed by atoms with Gasteiger partial charge in [0, 0.05) is 12.3 Å². The van der Waals surface area contributed by atoms with E-state index in [1.807, 2.05) is 13.8 Å². The molecule has 0 spiro atoms. The number of amides is 1.